The molecule has 1 aliphatic heterocycles. The molecule has 5 nitrogen and oxygen atoms in total. The molecule has 0 aliphatic carbocycles. The minimum absolute atomic E-state index is 0.0732. The molecule has 6 heteroatoms. The summed E-state index contributed by atoms with van der Waals surface area (Å²) in [6.07, 6.45) is 0. The lowest BCUT2D eigenvalue weighted by atomic mass is 10.1. The summed E-state index contributed by atoms with van der Waals surface area (Å²) in [6, 6.07) is 14.3. The third-order valence-corrected chi connectivity index (χ3v) is 5.43. The molecule has 28 heavy (non-hydrogen) atoms. The molecular formula is C22H29ClN4O. The SMILES string of the molecule is Cc1ccc(Cl)cc1N1CCN(CC(=O)NCc2ccc(N(C)C)cc2)CC1. The smallest absolute Gasteiger partial charge is 0.234 e. The number of aryl methyl sites for hydroxylation is 1. The third kappa shape index (κ3) is 5.40. The molecule has 150 valence electrons. The quantitative estimate of drug-likeness (QED) is 0.808. The van der Waals surface area contributed by atoms with E-state index in [9.17, 15) is 4.79 Å². The van der Waals surface area contributed by atoms with Crippen molar-refractivity contribution in [3.05, 3.63) is 58.6 Å². The van der Waals surface area contributed by atoms with Gasteiger partial charge in [-0.1, -0.05) is 29.8 Å². The highest BCUT2D eigenvalue weighted by Crippen LogP contribution is 2.25. The highest BCUT2D eigenvalue weighted by Gasteiger charge is 2.20. The van der Waals surface area contributed by atoms with E-state index < -0.39 is 0 Å². The van der Waals surface area contributed by atoms with Crippen molar-refractivity contribution in [2.75, 3.05) is 56.6 Å². The van der Waals surface area contributed by atoms with Crippen molar-refractivity contribution in [2.24, 2.45) is 0 Å². The number of anilines is 2. The van der Waals surface area contributed by atoms with Gasteiger partial charge >= 0.3 is 0 Å². The van der Waals surface area contributed by atoms with Crippen LogP contribution in [-0.4, -0.2) is 57.6 Å². The van der Waals surface area contributed by atoms with E-state index in [4.69, 9.17) is 11.6 Å². The molecule has 0 unspecified atom stereocenters. The second-order valence-corrected chi connectivity index (χ2v) is 7.97. The van der Waals surface area contributed by atoms with Gasteiger partial charge < -0.3 is 15.1 Å². The standard InChI is InChI=1S/C22H29ClN4O/c1-17-4-7-19(23)14-21(17)27-12-10-26(11-13-27)16-22(28)24-15-18-5-8-20(9-6-18)25(2)3/h4-9,14H,10-13,15-16H2,1-3H3,(H,24,28). The molecule has 1 aliphatic rings. The first kappa shape index (κ1) is 20.5. The molecule has 2 aromatic rings. The summed E-state index contributed by atoms with van der Waals surface area (Å²) in [7, 11) is 4.04. The first-order valence-electron chi connectivity index (χ1n) is 9.69. The predicted molar refractivity (Wildman–Crippen MR) is 117 cm³/mol. The molecule has 0 radical (unpaired) electrons. The monoisotopic (exact) mass is 400 g/mol. The molecule has 0 spiro atoms. The largest absolute Gasteiger partial charge is 0.378 e. The Bertz CT molecular complexity index is 799. The summed E-state index contributed by atoms with van der Waals surface area (Å²) in [5, 5.41) is 3.79. The van der Waals surface area contributed by atoms with Gasteiger partial charge in [-0.2, -0.15) is 0 Å². The van der Waals surface area contributed by atoms with Crippen molar-refractivity contribution in [2.45, 2.75) is 13.5 Å². The molecule has 0 aromatic heterocycles. The van der Waals surface area contributed by atoms with E-state index in [-0.39, 0.29) is 5.91 Å². The Balaban J connectivity index is 1.44. The van der Waals surface area contributed by atoms with Crippen LogP contribution in [0.3, 0.4) is 0 Å². The zero-order valence-electron chi connectivity index (χ0n) is 16.9. The lowest BCUT2D eigenvalue weighted by Gasteiger charge is -2.36. The summed E-state index contributed by atoms with van der Waals surface area (Å²) in [4.78, 5) is 18.9. The van der Waals surface area contributed by atoms with Gasteiger partial charge in [0.2, 0.25) is 5.91 Å². The number of carbonyl (C=O) groups is 1. The van der Waals surface area contributed by atoms with Gasteiger partial charge in [0.25, 0.3) is 0 Å². The van der Waals surface area contributed by atoms with Crippen LogP contribution >= 0.6 is 11.6 Å². The maximum atomic E-state index is 12.3. The van der Waals surface area contributed by atoms with Crippen molar-refractivity contribution in [1.82, 2.24) is 10.2 Å². The summed E-state index contributed by atoms with van der Waals surface area (Å²) in [5.41, 5.74) is 4.69. The second kappa shape index (κ2) is 9.30. The molecule has 0 atom stereocenters. The number of rotatable bonds is 6. The molecule has 1 heterocycles. The molecule has 3 rings (SSSR count). The maximum absolute atomic E-state index is 12.3. The Morgan fingerprint density at radius 2 is 1.75 bits per heavy atom. The molecule has 1 amide bonds. The molecule has 1 fully saturated rings. The van der Waals surface area contributed by atoms with Gasteiger partial charge in [0, 0.05) is 63.2 Å². The maximum Gasteiger partial charge on any atom is 0.234 e. The summed E-state index contributed by atoms with van der Waals surface area (Å²) >= 11 is 6.15. The van der Waals surface area contributed by atoms with Crippen LogP contribution in [0.4, 0.5) is 11.4 Å². The van der Waals surface area contributed by atoms with Crippen LogP contribution in [0.25, 0.3) is 0 Å². The van der Waals surface area contributed by atoms with Gasteiger partial charge in [-0.05, 0) is 42.3 Å². The van der Waals surface area contributed by atoms with E-state index >= 15 is 0 Å². The summed E-state index contributed by atoms with van der Waals surface area (Å²) < 4.78 is 0. The number of halogens is 1. The van der Waals surface area contributed by atoms with Crippen molar-refractivity contribution >= 4 is 28.9 Å². The first-order valence-corrected chi connectivity index (χ1v) is 10.1. The number of nitrogens with zero attached hydrogens (tertiary/aromatic N) is 3. The van der Waals surface area contributed by atoms with Gasteiger partial charge in [-0.15, -0.1) is 0 Å². The van der Waals surface area contributed by atoms with Gasteiger partial charge in [-0.25, -0.2) is 0 Å². The normalized spacial score (nSPS) is 14.8. The van der Waals surface area contributed by atoms with Crippen LogP contribution in [0.1, 0.15) is 11.1 Å². The minimum atomic E-state index is 0.0732. The number of amides is 1. The lowest BCUT2D eigenvalue weighted by molar-refractivity contribution is -0.122. The van der Waals surface area contributed by atoms with Crippen LogP contribution in [0.5, 0.6) is 0 Å². The number of hydrogen-bond donors (Lipinski definition) is 1. The van der Waals surface area contributed by atoms with Gasteiger partial charge in [0.1, 0.15) is 0 Å². The van der Waals surface area contributed by atoms with E-state index in [0.717, 1.165) is 42.5 Å². The van der Waals surface area contributed by atoms with E-state index in [0.29, 0.717) is 13.1 Å². The molecular weight excluding hydrogens is 372 g/mol. The molecule has 1 N–H and O–H groups in total. The highest BCUT2D eigenvalue weighted by molar-refractivity contribution is 6.30. The van der Waals surface area contributed by atoms with E-state index in [1.54, 1.807) is 0 Å². The molecule has 0 saturated carbocycles. The fourth-order valence-corrected chi connectivity index (χ4v) is 3.61. The van der Waals surface area contributed by atoms with Crippen LogP contribution in [-0.2, 0) is 11.3 Å². The average Bonchev–Trinajstić information content (AvgIpc) is 2.69. The Morgan fingerprint density at radius 3 is 2.39 bits per heavy atom. The van der Waals surface area contributed by atoms with E-state index in [2.05, 4.69) is 57.3 Å². The Kier molecular flexibility index (Phi) is 6.81. The van der Waals surface area contributed by atoms with Crippen molar-refractivity contribution in [3.63, 3.8) is 0 Å². The molecule has 2 aromatic carbocycles. The van der Waals surface area contributed by atoms with Gasteiger partial charge in [-0.3, -0.25) is 9.69 Å². The van der Waals surface area contributed by atoms with Crippen molar-refractivity contribution < 1.29 is 4.79 Å². The van der Waals surface area contributed by atoms with Gasteiger partial charge in [0.05, 0.1) is 6.54 Å². The molecule has 1 saturated heterocycles. The number of carbonyl (C=O) groups excluding carboxylic acids is 1. The highest BCUT2D eigenvalue weighted by atomic mass is 35.5. The van der Waals surface area contributed by atoms with Crippen LogP contribution in [0, 0.1) is 6.92 Å². The van der Waals surface area contributed by atoms with Crippen molar-refractivity contribution in [1.29, 1.82) is 0 Å². The van der Waals surface area contributed by atoms with Gasteiger partial charge in [0.15, 0.2) is 0 Å². The van der Waals surface area contributed by atoms with Crippen LogP contribution < -0.4 is 15.1 Å². The third-order valence-electron chi connectivity index (χ3n) is 5.19. The fraction of sp³-hybridized carbons (Fsp3) is 0.409. The number of hydrogen-bond acceptors (Lipinski definition) is 4. The summed E-state index contributed by atoms with van der Waals surface area (Å²) in [5.74, 6) is 0.0732. The number of nitrogens with one attached hydrogen (secondary N) is 1. The molecule has 0 bridgehead atoms. The van der Waals surface area contributed by atoms with Crippen LogP contribution in [0.15, 0.2) is 42.5 Å². The van der Waals surface area contributed by atoms with E-state index in [1.165, 1.54) is 11.3 Å². The lowest BCUT2D eigenvalue weighted by Crippen LogP contribution is -2.49. The Hall–Kier alpha value is -2.24. The predicted octanol–water partition coefficient (Wildman–Crippen LogP) is 3.15. The summed E-state index contributed by atoms with van der Waals surface area (Å²) in [6.45, 7) is 6.66. The van der Waals surface area contributed by atoms with Crippen LogP contribution in [0.2, 0.25) is 5.02 Å². The Morgan fingerprint density at radius 1 is 1.07 bits per heavy atom. The number of piperazine rings is 1. The topological polar surface area (TPSA) is 38.8 Å². The zero-order valence-corrected chi connectivity index (χ0v) is 17.7. The minimum Gasteiger partial charge on any atom is -0.378 e. The average molecular weight is 401 g/mol. The number of benzene rings is 2. The second-order valence-electron chi connectivity index (χ2n) is 7.53. The van der Waals surface area contributed by atoms with Crippen molar-refractivity contribution in [3.8, 4) is 0 Å². The Labute approximate surface area is 172 Å². The zero-order chi connectivity index (χ0) is 20.1. The van der Waals surface area contributed by atoms with E-state index in [1.807, 2.05) is 26.2 Å². The fourth-order valence-electron chi connectivity index (χ4n) is 3.44. The first-order chi connectivity index (χ1) is 13.4.